The summed E-state index contributed by atoms with van der Waals surface area (Å²) in [6.07, 6.45) is -6.73. The van der Waals surface area contributed by atoms with Crippen LogP contribution in [-0.2, 0) is 22.5 Å². The number of aromatic nitrogens is 2. The van der Waals surface area contributed by atoms with Crippen molar-refractivity contribution in [3.63, 3.8) is 0 Å². The SMILES string of the molecule is Cc1cc(OCCCN=C(N)NC(=O)OCc2ccccc2)ccc1Cc1c(O[C@@H]2O[C@H](CO)[C@@H](O)[C@H](O)[C@H]2O)n[nH]c1C(C)C. The van der Waals surface area contributed by atoms with Crippen LogP contribution in [-0.4, -0.2) is 93.1 Å². The Morgan fingerprint density at radius 2 is 1.89 bits per heavy atom. The standard InChI is InChI=1S/C32H43N5O9/c1-18(2)25-23(29(37-36-25)46-30-28(41)27(40)26(39)24(16-38)45-30)15-21-10-11-22(14-19(21)3)43-13-7-12-34-31(33)35-32(42)44-17-20-8-5-4-6-9-20/h4-6,8-11,14,18,24,26-28,30,38-41H,7,12-13,15-17H2,1-3H3,(H,36,37)(H3,33,34,35,42)/t24-,26-,27+,28-,30+/m1/s1. The summed E-state index contributed by atoms with van der Waals surface area (Å²) < 4.78 is 22.4. The maximum Gasteiger partial charge on any atom is 0.414 e. The van der Waals surface area contributed by atoms with Crippen LogP contribution in [0.5, 0.6) is 11.6 Å². The number of H-pyrrole nitrogens is 1. The van der Waals surface area contributed by atoms with Crippen LogP contribution in [0.2, 0.25) is 0 Å². The molecule has 4 rings (SSSR count). The molecule has 250 valence electrons. The van der Waals surface area contributed by atoms with E-state index >= 15 is 0 Å². The largest absolute Gasteiger partial charge is 0.494 e. The molecule has 0 bridgehead atoms. The lowest BCUT2D eigenvalue weighted by atomic mass is 9.96. The summed E-state index contributed by atoms with van der Waals surface area (Å²) in [6.45, 7) is 6.26. The van der Waals surface area contributed by atoms with Gasteiger partial charge in [-0.25, -0.2) is 4.79 Å². The van der Waals surface area contributed by atoms with Crippen molar-refractivity contribution in [2.45, 2.75) is 76.8 Å². The van der Waals surface area contributed by atoms with Gasteiger partial charge in [0.25, 0.3) is 0 Å². The number of carbonyl (C=O) groups excluding carboxylic acids is 1. The number of amides is 1. The van der Waals surface area contributed by atoms with Crippen LogP contribution in [0.4, 0.5) is 4.79 Å². The second-order valence-electron chi connectivity index (χ2n) is 11.3. The van der Waals surface area contributed by atoms with Gasteiger partial charge in [0.2, 0.25) is 12.2 Å². The number of aryl methyl sites for hydroxylation is 1. The fourth-order valence-electron chi connectivity index (χ4n) is 4.89. The van der Waals surface area contributed by atoms with Crippen LogP contribution in [0, 0.1) is 6.92 Å². The Balaban J connectivity index is 1.29. The van der Waals surface area contributed by atoms with E-state index in [0.717, 1.165) is 27.9 Å². The van der Waals surface area contributed by atoms with Crippen molar-refractivity contribution in [1.29, 1.82) is 0 Å². The van der Waals surface area contributed by atoms with E-state index in [1.807, 2.05) is 69.3 Å². The molecule has 1 fully saturated rings. The number of hydrogen-bond donors (Lipinski definition) is 7. The third kappa shape index (κ3) is 9.17. The van der Waals surface area contributed by atoms with E-state index in [-0.39, 0.29) is 24.4 Å². The van der Waals surface area contributed by atoms with Gasteiger partial charge in [0.05, 0.1) is 13.2 Å². The number of aliphatic hydroxyl groups excluding tert-OH is 4. The molecule has 1 aromatic heterocycles. The zero-order chi connectivity index (χ0) is 33.2. The van der Waals surface area contributed by atoms with Gasteiger partial charge in [0.1, 0.15) is 36.8 Å². The zero-order valence-corrected chi connectivity index (χ0v) is 26.1. The molecule has 1 aliphatic heterocycles. The van der Waals surface area contributed by atoms with E-state index in [1.165, 1.54) is 0 Å². The molecule has 2 aromatic carbocycles. The summed E-state index contributed by atoms with van der Waals surface area (Å²) in [4.78, 5) is 16.0. The number of ether oxygens (including phenoxy) is 4. The van der Waals surface area contributed by atoms with Gasteiger partial charge in [-0.2, -0.15) is 0 Å². The van der Waals surface area contributed by atoms with Crippen LogP contribution in [0.1, 0.15) is 54.1 Å². The summed E-state index contributed by atoms with van der Waals surface area (Å²) >= 11 is 0. The maximum atomic E-state index is 11.9. The van der Waals surface area contributed by atoms with Crippen molar-refractivity contribution in [3.8, 4) is 11.6 Å². The number of aromatic amines is 1. The topological polar surface area (TPSA) is 214 Å². The Bertz CT molecular complexity index is 1450. The van der Waals surface area contributed by atoms with Crippen LogP contribution >= 0.6 is 0 Å². The number of nitrogens with zero attached hydrogens (tertiary/aromatic N) is 2. The monoisotopic (exact) mass is 641 g/mol. The Kier molecular flexibility index (Phi) is 12.3. The van der Waals surface area contributed by atoms with Gasteiger partial charge in [0.15, 0.2) is 5.96 Å². The molecule has 1 aliphatic rings. The van der Waals surface area contributed by atoms with Crippen molar-refractivity contribution in [3.05, 3.63) is 76.5 Å². The number of guanidine groups is 1. The summed E-state index contributed by atoms with van der Waals surface area (Å²) in [5, 5.41) is 49.9. The summed E-state index contributed by atoms with van der Waals surface area (Å²) in [7, 11) is 0. The van der Waals surface area contributed by atoms with Gasteiger partial charge in [-0.05, 0) is 41.7 Å². The van der Waals surface area contributed by atoms with Gasteiger partial charge >= 0.3 is 6.09 Å². The molecule has 0 aliphatic carbocycles. The Morgan fingerprint density at radius 1 is 1.13 bits per heavy atom. The van der Waals surface area contributed by atoms with Crippen molar-refractivity contribution >= 4 is 12.1 Å². The predicted octanol–water partition coefficient (Wildman–Crippen LogP) is 1.62. The van der Waals surface area contributed by atoms with Crippen LogP contribution in [0.3, 0.4) is 0 Å². The number of carbonyl (C=O) groups is 1. The highest BCUT2D eigenvalue weighted by Crippen LogP contribution is 2.32. The fourth-order valence-corrected chi connectivity index (χ4v) is 4.89. The number of hydrogen-bond acceptors (Lipinski definition) is 11. The van der Waals surface area contributed by atoms with E-state index in [9.17, 15) is 25.2 Å². The molecule has 8 N–H and O–H groups in total. The van der Waals surface area contributed by atoms with Crippen molar-refractivity contribution in [2.24, 2.45) is 10.7 Å². The van der Waals surface area contributed by atoms with Crippen molar-refractivity contribution in [1.82, 2.24) is 15.5 Å². The van der Waals surface area contributed by atoms with Gasteiger partial charge in [0, 0.05) is 30.6 Å². The molecule has 1 amide bonds. The highest BCUT2D eigenvalue weighted by Gasteiger charge is 2.45. The van der Waals surface area contributed by atoms with Crippen molar-refractivity contribution in [2.75, 3.05) is 19.8 Å². The Labute approximate surface area is 267 Å². The summed E-state index contributed by atoms with van der Waals surface area (Å²) in [5.41, 5.74) is 10.2. The van der Waals surface area contributed by atoms with Gasteiger partial charge in [-0.15, -0.1) is 5.10 Å². The van der Waals surface area contributed by atoms with Crippen LogP contribution in [0.15, 0.2) is 53.5 Å². The first-order valence-electron chi connectivity index (χ1n) is 15.1. The lowest BCUT2D eigenvalue weighted by molar-refractivity contribution is -0.278. The first kappa shape index (κ1) is 34.7. The maximum absolute atomic E-state index is 11.9. The molecule has 5 atom stereocenters. The fraction of sp³-hybridized carbons (Fsp3) is 0.469. The first-order chi connectivity index (χ1) is 22.1. The van der Waals surface area contributed by atoms with Gasteiger partial charge in [-0.3, -0.25) is 15.4 Å². The molecule has 2 heterocycles. The molecule has 14 nitrogen and oxygen atoms in total. The van der Waals surface area contributed by atoms with E-state index in [0.29, 0.717) is 31.7 Å². The lowest BCUT2D eigenvalue weighted by Crippen LogP contribution is -2.60. The second kappa shape index (κ2) is 16.4. The van der Waals surface area contributed by atoms with E-state index in [2.05, 4.69) is 20.5 Å². The van der Waals surface area contributed by atoms with Crippen LogP contribution < -0.4 is 20.5 Å². The minimum atomic E-state index is -1.56. The lowest BCUT2D eigenvalue weighted by Gasteiger charge is -2.39. The molecule has 3 aromatic rings. The Hall–Kier alpha value is -4.21. The first-order valence-corrected chi connectivity index (χ1v) is 15.1. The van der Waals surface area contributed by atoms with E-state index in [1.54, 1.807) is 0 Å². The quantitative estimate of drug-likeness (QED) is 0.0809. The van der Waals surface area contributed by atoms with Gasteiger partial charge in [-0.1, -0.05) is 50.2 Å². The average molecular weight is 642 g/mol. The smallest absolute Gasteiger partial charge is 0.414 e. The molecule has 14 heteroatoms. The van der Waals surface area contributed by atoms with E-state index in [4.69, 9.17) is 24.7 Å². The number of alkyl carbamates (subject to hydrolysis) is 1. The molecule has 0 unspecified atom stereocenters. The summed E-state index contributed by atoms with van der Waals surface area (Å²) in [5.74, 6) is 0.902. The second-order valence-corrected chi connectivity index (χ2v) is 11.3. The zero-order valence-electron chi connectivity index (χ0n) is 26.1. The molecular weight excluding hydrogens is 598 g/mol. The number of aliphatic imine (C=N–C) groups is 1. The number of rotatable bonds is 13. The Morgan fingerprint density at radius 3 is 2.59 bits per heavy atom. The van der Waals surface area contributed by atoms with Crippen LogP contribution in [0.25, 0.3) is 0 Å². The molecule has 0 spiro atoms. The predicted molar refractivity (Wildman–Crippen MR) is 167 cm³/mol. The number of aliphatic hydroxyl groups is 4. The third-order valence-electron chi connectivity index (χ3n) is 7.49. The van der Waals surface area contributed by atoms with Gasteiger partial charge < -0.3 is 45.1 Å². The number of nitrogens with one attached hydrogen (secondary N) is 2. The van der Waals surface area contributed by atoms with E-state index < -0.39 is 43.4 Å². The molecule has 0 saturated carbocycles. The minimum absolute atomic E-state index is 0.0341. The highest BCUT2D eigenvalue weighted by atomic mass is 16.7. The molecular formula is C32H43N5O9. The minimum Gasteiger partial charge on any atom is -0.494 e. The number of nitrogens with two attached hydrogens (primary N) is 1. The summed E-state index contributed by atoms with van der Waals surface area (Å²) in [6, 6.07) is 15.0. The highest BCUT2D eigenvalue weighted by molar-refractivity contribution is 5.92. The molecule has 46 heavy (non-hydrogen) atoms. The normalized spacial score (nSPS) is 21.7. The van der Waals surface area contributed by atoms with Crippen molar-refractivity contribution < 1.29 is 44.2 Å². The third-order valence-corrected chi connectivity index (χ3v) is 7.49. The average Bonchev–Trinajstić information content (AvgIpc) is 3.43. The molecule has 1 saturated heterocycles. The molecule has 0 radical (unpaired) electrons. The number of benzene rings is 2.